The van der Waals surface area contributed by atoms with E-state index in [4.69, 9.17) is 4.55 Å². The zero-order valence-electron chi connectivity index (χ0n) is 9.17. The van der Waals surface area contributed by atoms with Gasteiger partial charge >= 0.3 is 0 Å². The Morgan fingerprint density at radius 1 is 1.00 bits per heavy atom. The Labute approximate surface area is 95.8 Å². The van der Waals surface area contributed by atoms with Crippen molar-refractivity contribution in [2.75, 3.05) is 0 Å². The van der Waals surface area contributed by atoms with Crippen molar-refractivity contribution in [2.45, 2.75) is 44.0 Å². The van der Waals surface area contributed by atoms with Crippen LogP contribution in [0, 0.1) is 23.2 Å². The van der Waals surface area contributed by atoms with Crippen molar-refractivity contribution >= 4 is 10.1 Å². The Balaban J connectivity index is 1.94. The number of hydrogen-bond acceptors (Lipinski definition) is 3. The molecule has 0 amide bonds. The average molecular weight is 246 g/mol. The molecule has 0 aliphatic heterocycles. The third-order valence-electron chi connectivity index (χ3n) is 4.89. The summed E-state index contributed by atoms with van der Waals surface area (Å²) in [5, 5.41) is 9.91. The summed E-state index contributed by atoms with van der Waals surface area (Å²) in [6.07, 6.45) is 5.91. The fourth-order valence-electron chi connectivity index (χ4n) is 4.80. The smallest absolute Gasteiger partial charge is 0.292 e. The maximum Gasteiger partial charge on any atom is 0.292 e. The van der Waals surface area contributed by atoms with E-state index in [0.29, 0.717) is 17.8 Å². The summed E-state index contributed by atoms with van der Waals surface area (Å²) in [4.78, 5) is 0. The molecule has 1 unspecified atom stereocenters. The van der Waals surface area contributed by atoms with Crippen LogP contribution in [0.4, 0.5) is 0 Å². The number of aliphatic hydroxyl groups excluding tert-OH is 1. The SMILES string of the molecule is O=S(=O)(O)C(O)C12CC3CC(CC(C3)C1)C2. The van der Waals surface area contributed by atoms with E-state index in [9.17, 15) is 13.5 Å². The Bertz CT molecular complexity index is 365. The van der Waals surface area contributed by atoms with Crippen LogP contribution in [0.25, 0.3) is 0 Å². The second-order valence-electron chi connectivity index (χ2n) is 6.15. The van der Waals surface area contributed by atoms with Gasteiger partial charge in [-0.25, -0.2) is 0 Å². The minimum absolute atomic E-state index is 0.539. The van der Waals surface area contributed by atoms with Crippen LogP contribution < -0.4 is 0 Å². The lowest BCUT2D eigenvalue weighted by molar-refractivity contribution is -0.0955. The van der Waals surface area contributed by atoms with Crippen molar-refractivity contribution < 1.29 is 18.1 Å². The Morgan fingerprint density at radius 2 is 1.38 bits per heavy atom. The molecular weight excluding hydrogens is 228 g/mol. The van der Waals surface area contributed by atoms with E-state index in [-0.39, 0.29) is 0 Å². The first-order valence-electron chi connectivity index (χ1n) is 6.03. The fraction of sp³-hybridized carbons (Fsp3) is 1.00. The van der Waals surface area contributed by atoms with E-state index in [2.05, 4.69) is 0 Å². The average Bonchev–Trinajstić information content (AvgIpc) is 2.12. The molecular formula is C11H18O4S. The molecule has 4 bridgehead atoms. The minimum Gasteiger partial charge on any atom is -0.375 e. The highest BCUT2D eigenvalue weighted by molar-refractivity contribution is 7.86. The third kappa shape index (κ3) is 1.52. The summed E-state index contributed by atoms with van der Waals surface area (Å²) in [6, 6.07) is 0. The first-order chi connectivity index (χ1) is 7.39. The van der Waals surface area contributed by atoms with Crippen LogP contribution in [0.2, 0.25) is 0 Å². The number of hydrogen-bond donors (Lipinski definition) is 2. The third-order valence-corrected chi connectivity index (χ3v) is 5.96. The molecule has 4 fully saturated rings. The van der Waals surface area contributed by atoms with E-state index in [1.807, 2.05) is 0 Å². The van der Waals surface area contributed by atoms with Gasteiger partial charge in [0, 0.05) is 5.41 Å². The van der Waals surface area contributed by atoms with Gasteiger partial charge in [-0.15, -0.1) is 0 Å². The van der Waals surface area contributed by atoms with Gasteiger partial charge in [0.1, 0.15) is 0 Å². The van der Waals surface area contributed by atoms with Gasteiger partial charge in [-0.3, -0.25) is 4.55 Å². The zero-order chi connectivity index (χ0) is 11.6. The lowest BCUT2D eigenvalue weighted by Crippen LogP contribution is -2.53. The normalized spacial score (nSPS) is 48.2. The highest BCUT2D eigenvalue weighted by atomic mass is 32.2. The van der Waals surface area contributed by atoms with Crippen molar-refractivity contribution in [2.24, 2.45) is 23.2 Å². The van der Waals surface area contributed by atoms with Gasteiger partial charge in [0.05, 0.1) is 0 Å². The molecule has 0 saturated heterocycles. The first kappa shape index (κ1) is 11.0. The first-order valence-corrected chi connectivity index (χ1v) is 7.54. The summed E-state index contributed by atoms with van der Waals surface area (Å²) in [5.74, 6) is 1.72. The van der Waals surface area contributed by atoms with Gasteiger partial charge in [-0.05, 0) is 56.3 Å². The summed E-state index contributed by atoms with van der Waals surface area (Å²) >= 11 is 0. The molecule has 0 heterocycles. The molecule has 5 heteroatoms. The molecule has 0 aromatic heterocycles. The van der Waals surface area contributed by atoms with Crippen molar-refractivity contribution in [1.29, 1.82) is 0 Å². The molecule has 0 aromatic carbocycles. The second-order valence-corrected chi connectivity index (χ2v) is 7.62. The van der Waals surface area contributed by atoms with Gasteiger partial charge in [-0.1, -0.05) is 0 Å². The number of aliphatic hydroxyl groups is 1. The predicted molar refractivity (Wildman–Crippen MR) is 58.2 cm³/mol. The molecule has 4 nitrogen and oxygen atoms in total. The molecule has 2 N–H and O–H groups in total. The van der Waals surface area contributed by atoms with Crippen LogP contribution in [-0.4, -0.2) is 23.5 Å². The van der Waals surface area contributed by atoms with E-state index in [1.54, 1.807) is 0 Å². The molecule has 92 valence electrons. The van der Waals surface area contributed by atoms with Gasteiger partial charge in [0.25, 0.3) is 10.1 Å². The highest BCUT2D eigenvalue weighted by Crippen LogP contribution is 2.61. The number of rotatable bonds is 2. The van der Waals surface area contributed by atoms with Crippen molar-refractivity contribution in [3.63, 3.8) is 0 Å². The fourth-order valence-corrected chi connectivity index (χ4v) is 5.72. The Kier molecular flexibility index (Phi) is 2.20. The van der Waals surface area contributed by atoms with Crippen LogP contribution in [0.3, 0.4) is 0 Å². The molecule has 0 radical (unpaired) electrons. The van der Waals surface area contributed by atoms with Gasteiger partial charge in [-0.2, -0.15) is 8.42 Å². The monoisotopic (exact) mass is 246 g/mol. The molecule has 0 aromatic rings. The molecule has 16 heavy (non-hydrogen) atoms. The lowest BCUT2D eigenvalue weighted by atomic mass is 9.50. The summed E-state index contributed by atoms with van der Waals surface area (Å²) < 4.78 is 31.4. The predicted octanol–water partition coefficient (Wildman–Crippen LogP) is 1.41. The largest absolute Gasteiger partial charge is 0.375 e. The maximum atomic E-state index is 11.2. The van der Waals surface area contributed by atoms with Crippen LogP contribution in [0.15, 0.2) is 0 Å². The van der Waals surface area contributed by atoms with Crippen LogP contribution in [0.5, 0.6) is 0 Å². The molecule has 4 aliphatic carbocycles. The topological polar surface area (TPSA) is 74.6 Å². The molecule has 4 saturated carbocycles. The zero-order valence-corrected chi connectivity index (χ0v) is 9.99. The van der Waals surface area contributed by atoms with Crippen molar-refractivity contribution in [3.8, 4) is 0 Å². The highest BCUT2D eigenvalue weighted by Gasteiger charge is 2.56. The van der Waals surface area contributed by atoms with Gasteiger partial charge < -0.3 is 5.11 Å². The van der Waals surface area contributed by atoms with Gasteiger partial charge in [0.2, 0.25) is 0 Å². The Morgan fingerprint density at radius 3 is 1.69 bits per heavy atom. The van der Waals surface area contributed by atoms with E-state index < -0.39 is 21.0 Å². The Hall–Kier alpha value is -0.130. The lowest BCUT2D eigenvalue weighted by Gasteiger charge is -2.57. The molecule has 1 atom stereocenters. The van der Waals surface area contributed by atoms with E-state index in [1.165, 1.54) is 19.3 Å². The van der Waals surface area contributed by atoms with Crippen molar-refractivity contribution in [1.82, 2.24) is 0 Å². The second kappa shape index (κ2) is 3.21. The summed E-state index contributed by atoms with van der Waals surface area (Å²) in [5.41, 5.74) is -2.10. The van der Waals surface area contributed by atoms with E-state index in [0.717, 1.165) is 19.3 Å². The summed E-state index contributed by atoms with van der Waals surface area (Å²) in [6.45, 7) is 0. The molecule has 0 spiro atoms. The maximum absolute atomic E-state index is 11.2. The van der Waals surface area contributed by atoms with Crippen molar-refractivity contribution in [3.05, 3.63) is 0 Å². The molecule has 4 aliphatic rings. The molecule has 4 rings (SSSR count). The van der Waals surface area contributed by atoms with Crippen LogP contribution >= 0.6 is 0 Å². The quantitative estimate of drug-likeness (QED) is 0.722. The van der Waals surface area contributed by atoms with Crippen LogP contribution in [-0.2, 0) is 10.1 Å². The minimum atomic E-state index is -4.31. The van der Waals surface area contributed by atoms with Crippen LogP contribution in [0.1, 0.15) is 38.5 Å². The summed E-state index contributed by atoms with van der Waals surface area (Å²) in [7, 11) is -4.31. The van der Waals surface area contributed by atoms with E-state index >= 15 is 0 Å². The van der Waals surface area contributed by atoms with Gasteiger partial charge in [0.15, 0.2) is 5.44 Å². The standard InChI is InChI=1S/C11H18O4S/c12-10(16(13,14)15)11-4-7-1-8(5-11)3-9(2-7)6-11/h7-10,12H,1-6H2,(H,13,14,15).